The maximum absolute atomic E-state index is 13.5. The van der Waals surface area contributed by atoms with E-state index in [0.717, 1.165) is 0 Å². The van der Waals surface area contributed by atoms with Gasteiger partial charge in [0.05, 0.1) is 31.7 Å². The molecule has 8 nitrogen and oxygen atoms in total. The number of hydrogen-bond acceptors (Lipinski definition) is 8. The highest BCUT2D eigenvalue weighted by Crippen LogP contribution is 2.40. The minimum atomic E-state index is -6.64. The predicted octanol–water partition coefficient (Wildman–Crippen LogP) is 2.42. The Kier molecular flexibility index (Phi) is 8.53. The van der Waals surface area contributed by atoms with Gasteiger partial charge in [-0.2, -0.15) is 26.3 Å². The first kappa shape index (κ1) is 26.4. The van der Waals surface area contributed by atoms with E-state index in [0.29, 0.717) is 0 Å². The second-order valence-corrected chi connectivity index (χ2v) is 7.84. The standard InChI is InChI=1S/C15H20F6O8S/c1-2-27-12(23)14(18,19)29-10-5-3-9(4-6-10)11(22)28-8-7-13(16,17)15(20,21)30(24,25)26/h9-10H,2-8H2,1H3,(H,24,25,26)/p-1. The van der Waals surface area contributed by atoms with Gasteiger partial charge in [-0.25, -0.2) is 13.2 Å². The molecule has 1 aliphatic carbocycles. The number of carbonyl (C=O) groups excluding carboxylic acids is 2. The van der Waals surface area contributed by atoms with Gasteiger partial charge in [0.1, 0.15) is 0 Å². The molecule has 0 aromatic carbocycles. The molecule has 0 atom stereocenters. The topological polar surface area (TPSA) is 119 Å². The largest absolute Gasteiger partial charge is 0.743 e. The zero-order valence-electron chi connectivity index (χ0n) is 15.5. The van der Waals surface area contributed by atoms with Gasteiger partial charge in [-0.1, -0.05) is 0 Å². The summed E-state index contributed by atoms with van der Waals surface area (Å²) in [5, 5.41) is -5.88. The molecule has 0 amide bonds. The van der Waals surface area contributed by atoms with Gasteiger partial charge in [-0.05, 0) is 32.6 Å². The first-order valence-electron chi connectivity index (χ1n) is 8.65. The second-order valence-electron chi connectivity index (χ2n) is 6.42. The Balaban J connectivity index is 2.49. The second kappa shape index (κ2) is 9.68. The summed E-state index contributed by atoms with van der Waals surface area (Å²) in [5.74, 6) is -9.16. The molecule has 1 saturated carbocycles. The number of rotatable bonds is 10. The molecule has 0 bridgehead atoms. The van der Waals surface area contributed by atoms with Crippen LogP contribution in [0.25, 0.3) is 0 Å². The molecule has 0 saturated heterocycles. The van der Waals surface area contributed by atoms with Crippen LogP contribution in [0.4, 0.5) is 26.3 Å². The molecule has 0 radical (unpaired) electrons. The molecule has 30 heavy (non-hydrogen) atoms. The number of halogens is 6. The summed E-state index contributed by atoms with van der Waals surface area (Å²) in [5.41, 5.74) is 0. The van der Waals surface area contributed by atoms with E-state index in [9.17, 15) is 48.9 Å². The Hall–Kier alpha value is -1.61. The van der Waals surface area contributed by atoms with Gasteiger partial charge in [-0.15, -0.1) is 0 Å². The third-order valence-electron chi connectivity index (χ3n) is 4.24. The fourth-order valence-electron chi connectivity index (χ4n) is 2.61. The summed E-state index contributed by atoms with van der Waals surface area (Å²) in [6.07, 6.45) is -7.59. The van der Waals surface area contributed by atoms with Gasteiger partial charge in [0.25, 0.3) is 0 Å². The fraction of sp³-hybridized carbons (Fsp3) is 0.867. The van der Waals surface area contributed by atoms with Gasteiger partial charge in [0.2, 0.25) is 0 Å². The lowest BCUT2D eigenvalue weighted by molar-refractivity contribution is -0.269. The number of alkyl halides is 6. The van der Waals surface area contributed by atoms with E-state index in [1.54, 1.807) is 0 Å². The van der Waals surface area contributed by atoms with Crippen molar-refractivity contribution < 1.29 is 63.1 Å². The van der Waals surface area contributed by atoms with E-state index in [4.69, 9.17) is 0 Å². The van der Waals surface area contributed by atoms with Crippen LogP contribution in [0.2, 0.25) is 0 Å². The Morgan fingerprint density at radius 3 is 2.00 bits per heavy atom. The van der Waals surface area contributed by atoms with Gasteiger partial charge in [-0.3, -0.25) is 4.79 Å². The first-order valence-corrected chi connectivity index (χ1v) is 10.1. The lowest BCUT2D eigenvalue weighted by atomic mass is 9.87. The molecule has 0 heterocycles. The first-order chi connectivity index (χ1) is 13.5. The summed E-state index contributed by atoms with van der Waals surface area (Å²) in [7, 11) is -6.64. The molecule has 0 aromatic heterocycles. The molecule has 176 valence electrons. The van der Waals surface area contributed by atoms with E-state index in [1.807, 2.05) is 0 Å². The Morgan fingerprint density at radius 2 is 1.53 bits per heavy atom. The smallest absolute Gasteiger partial charge is 0.456 e. The van der Waals surface area contributed by atoms with Crippen LogP contribution in [0.5, 0.6) is 0 Å². The van der Waals surface area contributed by atoms with Crippen LogP contribution in [0, 0.1) is 5.92 Å². The highest BCUT2D eigenvalue weighted by molar-refractivity contribution is 7.86. The molecule has 1 aliphatic rings. The molecular formula is C15H19F6O8S-. The van der Waals surface area contributed by atoms with Gasteiger partial charge in [0, 0.05) is 0 Å². The van der Waals surface area contributed by atoms with E-state index in [2.05, 4.69) is 14.2 Å². The summed E-state index contributed by atoms with van der Waals surface area (Å²) < 4.78 is 123. The van der Waals surface area contributed by atoms with Crippen molar-refractivity contribution in [3.8, 4) is 0 Å². The Labute approximate surface area is 167 Å². The molecule has 15 heteroatoms. The Bertz CT molecular complexity index is 719. The minimum Gasteiger partial charge on any atom is -0.743 e. The van der Waals surface area contributed by atoms with E-state index in [-0.39, 0.29) is 32.3 Å². The van der Waals surface area contributed by atoms with Crippen LogP contribution in [0.3, 0.4) is 0 Å². The van der Waals surface area contributed by atoms with E-state index >= 15 is 0 Å². The summed E-state index contributed by atoms with van der Waals surface area (Å²) in [6, 6.07) is 0. The third-order valence-corrected chi connectivity index (χ3v) is 5.16. The van der Waals surface area contributed by atoms with Crippen molar-refractivity contribution in [2.24, 2.45) is 5.92 Å². The molecule has 0 N–H and O–H groups in total. The average Bonchev–Trinajstić information content (AvgIpc) is 2.60. The number of esters is 2. The number of hydrogen-bond donors (Lipinski definition) is 0. The van der Waals surface area contributed by atoms with Crippen LogP contribution in [-0.2, 0) is 33.9 Å². The number of carbonyl (C=O) groups is 2. The zero-order valence-corrected chi connectivity index (χ0v) is 16.4. The lowest BCUT2D eigenvalue weighted by Crippen LogP contribution is -2.47. The predicted molar refractivity (Wildman–Crippen MR) is 83.6 cm³/mol. The molecule has 0 aromatic rings. The molecule has 0 unspecified atom stereocenters. The molecule has 1 fully saturated rings. The third kappa shape index (κ3) is 6.44. The van der Waals surface area contributed by atoms with Crippen LogP contribution >= 0.6 is 0 Å². The highest BCUT2D eigenvalue weighted by Gasteiger charge is 2.61. The SMILES string of the molecule is CCOC(=O)C(F)(F)OC1CCC(C(=O)OCCC(F)(F)C(F)(F)S(=O)(=O)[O-])CC1. The highest BCUT2D eigenvalue weighted by atomic mass is 32.2. The Morgan fingerprint density at radius 1 is 1.00 bits per heavy atom. The van der Waals surface area contributed by atoms with Crippen molar-refractivity contribution in [2.45, 2.75) is 62.4 Å². The normalized spacial score (nSPS) is 21.2. The molecular weight excluding hydrogens is 454 g/mol. The number of ether oxygens (including phenoxy) is 3. The van der Waals surface area contributed by atoms with Crippen molar-refractivity contribution in [3.05, 3.63) is 0 Å². The van der Waals surface area contributed by atoms with Gasteiger partial charge < -0.3 is 18.8 Å². The quantitative estimate of drug-likeness (QED) is 0.270. The van der Waals surface area contributed by atoms with E-state index < -0.39 is 64.4 Å². The molecule has 0 aliphatic heterocycles. The maximum Gasteiger partial charge on any atom is 0.456 e. The van der Waals surface area contributed by atoms with Crippen LogP contribution in [-0.4, -0.2) is 61.5 Å². The van der Waals surface area contributed by atoms with Crippen molar-refractivity contribution >= 4 is 22.1 Å². The summed E-state index contributed by atoms with van der Waals surface area (Å²) in [4.78, 5) is 22.9. The van der Waals surface area contributed by atoms with Crippen molar-refractivity contribution in [3.63, 3.8) is 0 Å². The van der Waals surface area contributed by atoms with Crippen LogP contribution in [0.1, 0.15) is 39.0 Å². The summed E-state index contributed by atoms with van der Waals surface area (Å²) in [6.45, 7) is -0.266. The fourth-order valence-corrected chi connectivity index (χ4v) is 3.08. The minimum absolute atomic E-state index is 0.0795. The monoisotopic (exact) mass is 473 g/mol. The van der Waals surface area contributed by atoms with Gasteiger partial charge in [0.15, 0.2) is 10.1 Å². The zero-order chi connectivity index (χ0) is 23.4. The maximum atomic E-state index is 13.5. The van der Waals surface area contributed by atoms with Crippen molar-refractivity contribution in [1.82, 2.24) is 0 Å². The molecule has 0 spiro atoms. The molecule has 1 rings (SSSR count). The van der Waals surface area contributed by atoms with Gasteiger partial charge >= 0.3 is 29.2 Å². The van der Waals surface area contributed by atoms with Crippen molar-refractivity contribution in [2.75, 3.05) is 13.2 Å². The van der Waals surface area contributed by atoms with Crippen LogP contribution in [0.15, 0.2) is 0 Å². The van der Waals surface area contributed by atoms with Crippen LogP contribution < -0.4 is 0 Å². The average molecular weight is 473 g/mol. The summed E-state index contributed by atoms with van der Waals surface area (Å²) >= 11 is 0. The van der Waals surface area contributed by atoms with Crippen molar-refractivity contribution in [1.29, 1.82) is 0 Å². The lowest BCUT2D eigenvalue weighted by Gasteiger charge is -2.30. The van der Waals surface area contributed by atoms with E-state index in [1.165, 1.54) is 6.92 Å².